The van der Waals surface area contributed by atoms with E-state index >= 15 is 0 Å². The molecule has 1 aromatic heterocycles. The molecule has 0 radical (unpaired) electrons. The second-order valence-corrected chi connectivity index (χ2v) is 7.70. The fourth-order valence-electron chi connectivity index (χ4n) is 2.90. The monoisotopic (exact) mass is 467 g/mol. The lowest BCUT2D eigenvalue weighted by Gasteiger charge is -2.27. The van der Waals surface area contributed by atoms with Gasteiger partial charge in [-0.2, -0.15) is 0 Å². The van der Waals surface area contributed by atoms with Gasteiger partial charge in [0.1, 0.15) is 11.9 Å². The molecule has 1 aliphatic rings. The van der Waals surface area contributed by atoms with Crippen LogP contribution in [0.3, 0.4) is 0 Å². The minimum atomic E-state index is -0.692. The number of benzene rings is 1. The third-order valence-electron chi connectivity index (χ3n) is 4.10. The lowest BCUT2D eigenvalue weighted by Crippen LogP contribution is -2.34. The van der Waals surface area contributed by atoms with Crippen molar-refractivity contribution < 1.29 is 19.0 Å². The fourth-order valence-corrected chi connectivity index (χ4v) is 4.05. The van der Waals surface area contributed by atoms with E-state index in [4.69, 9.17) is 9.73 Å². The molecule has 148 valence electrons. The Kier molecular flexibility index (Phi) is 6.93. The third-order valence-corrected chi connectivity index (χ3v) is 5.56. The van der Waals surface area contributed by atoms with Crippen LogP contribution in [-0.4, -0.2) is 35.1 Å². The molecular formula is C19H19BrFN3O3S. The molecule has 3 rings (SSSR count). The minimum absolute atomic E-state index is 0.0179. The van der Waals surface area contributed by atoms with Crippen LogP contribution >= 0.6 is 27.3 Å². The number of aliphatic hydroxyl groups excluding tert-OH is 1. The number of hydrogen-bond donors (Lipinski definition) is 2. The van der Waals surface area contributed by atoms with Crippen LogP contribution < -0.4 is 5.32 Å². The van der Waals surface area contributed by atoms with E-state index in [1.807, 2.05) is 5.38 Å². The summed E-state index contributed by atoms with van der Waals surface area (Å²) in [5.74, 6) is -0.362. The largest absolute Gasteiger partial charge is 0.463 e. The summed E-state index contributed by atoms with van der Waals surface area (Å²) in [4.78, 5) is 21.8. The maximum atomic E-state index is 13.6. The smallest absolute Gasteiger partial charge is 0.338 e. The number of ether oxygens (including phenoxy) is 1. The number of nitrogens with zero attached hydrogens (tertiary/aromatic N) is 2. The van der Waals surface area contributed by atoms with E-state index in [9.17, 15) is 14.3 Å². The predicted molar refractivity (Wildman–Crippen MR) is 109 cm³/mol. The second-order valence-electron chi connectivity index (χ2n) is 5.95. The van der Waals surface area contributed by atoms with Gasteiger partial charge in [-0.15, -0.1) is 11.3 Å². The zero-order valence-corrected chi connectivity index (χ0v) is 17.5. The quantitative estimate of drug-likeness (QED) is 0.606. The standard InChI is InChI=1S/C19H19BrFN3O3S/c1-2-27-19(26)15-14(4-3-8-25)23-17(18-22-7-9-28-18)24-16(15)12-6-5-11(21)10-13(12)20/h5-7,9-10,16,25H,2-4,8H2,1H3,(H,23,24)/t16-/m0/s1. The number of carbonyl (C=O) groups is 1. The van der Waals surface area contributed by atoms with Crippen LogP contribution in [0.15, 0.2) is 50.5 Å². The maximum absolute atomic E-state index is 13.6. The highest BCUT2D eigenvalue weighted by Gasteiger charge is 2.33. The summed E-state index contributed by atoms with van der Waals surface area (Å²) in [6.07, 6.45) is 2.57. The second kappa shape index (κ2) is 9.40. The van der Waals surface area contributed by atoms with Crippen LogP contribution in [0.2, 0.25) is 0 Å². The van der Waals surface area contributed by atoms with Crippen molar-refractivity contribution in [1.82, 2.24) is 10.3 Å². The summed E-state index contributed by atoms with van der Waals surface area (Å²) in [5.41, 5.74) is 1.61. The number of amidine groups is 1. The van der Waals surface area contributed by atoms with Gasteiger partial charge in [-0.1, -0.05) is 22.0 Å². The van der Waals surface area contributed by atoms with Crippen LogP contribution in [0.25, 0.3) is 0 Å². The topological polar surface area (TPSA) is 83.8 Å². The number of esters is 1. The molecule has 0 unspecified atom stereocenters. The van der Waals surface area contributed by atoms with E-state index in [0.717, 1.165) is 0 Å². The van der Waals surface area contributed by atoms with Crippen molar-refractivity contribution in [3.63, 3.8) is 0 Å². The number of nitrogens with one attached hydrogen (secondary N) is 1. The molecule has 0 spiro atoms. The van der Waals surface area contributed by atoms with Gasteiger partial charge in [-0.25, -0.2) is 14.2 Å². The highest BCUT2D eigenvalue weighted by molar-refractivity contribution is 9.10. The zero-order chi connectivity index (χ0) is 20.1. The van der Waals surface area contributed by atoms with Crippen LogP contribution in [0.5, 0.6) is 0 Å². The Labute approximate surface area is 174 Å². The van der Waals surface area contributed by atoms with E-state index in [1.165, 1.54) is 23.5 Å². The molecule has 1 aromatic carbocycles. The molecule has 28 heavy (non-hydrogen) atoms. The van der Waals surface area contributed by atoms with Crippen molar-refractivity contribution in [1.29, 1.82) is 0 Å². The molecule has 1 atom stereocenters. The van der Waals surface area contributed by atoms with Gasteiger partial charge in [-0.3, -0.25) is 4.99 Å². The van der Waals surface area contributed by atoms with Crippen molar-refractivity contribution in [3.8, 4) is 0 Å². The van der Waals surface area contributed by atoms with Gasteiger partial charge in [0, 0.05) is 28.4 Å². The first-order chi connectivity index (χ1) is 13.5. The summed E-state index contributed by atoms with van der Waals surface area (Å²) in [7, 11) is 0. The fraction of sp³-hybridized carbons (Fsp3) is 0.316. The number of aliphatic imine (C=N–C) groups is 1. The normalized spacial score (nSPS) is 16.6. The first-order valence-corrected chi connectivity index (χ1v) is 10.4. The lowest BCUT2D eigenvalue weighted by atomic mass is 9.94. The van der Waals surface area contributed by atoms with E-state index in [2.05, 4.69) is 26.2 Å². The highest BCUT2D eigenvalue weighted by Crippen LogP contribution is 2.37. The molecule has 1 aliphatic heterocycles. The Morgan fingerprint density at radius 3 is 2.93 bits per heavy atom. The molecule has 0 bridgehead atoms. The molecule has 0 amide bonds. The van der Waals surface area contributed by atoms with Gasteiger partial charge in [-0.05, 0) is 37.5 Å². The Morgan fingerprint density at radius 1 is 1.46 bits per heavy atom. The van der Waals surface area contributed by atoms with Crippen LogP contribution in [-0.2, 0) is 9.53 Å². The first-order valence-electron chi connectivity index (χ1n) is 8.75. The minimum Gasteiger partial charge on any atom is -0.463 e. The Morgan fingerprint density at radius 2 is 2.29 bits per heavy atom. The molecule has 0 saturated heterocycles. The van der Waals surface area contributed by atoms with Gasteiger partial charge < -0.3 is 15.2 Å². The van der Waals surface area contributed by atoms with Gasteiger partial charge in [0.15, 0.2) is 10.8 Å². The summed E-state index contributed by atoms with van der Waals surface area (Å²) in [6, 6.07) is 3.58. The average molecular weight is 468 g/mol. The summed E-state index contributed by atoms with van der Waals surface area (Å²) in [6.45, 7) is 1.93. The number of allylic oxidation sites excluding steroid dienone is 1. The van der Waals surface area contributed by atoms with Crippen molar-refractivity contribution in [3.05, 3.63) is 61.9 Å². The van der Waals surface area contributed by atoms with Crippen LogP contribution in [0, 0.1) is 5.82 Å². The Bertz CT molecular complexity index is 915. The van der Waals surface area contributed by atoms with Gasteiger partial charge in [0.2, 0.25) is 0 Å². The van der Waals surface area contributed by atoms with Crippen LogP contribution in [0.1, 0.15) is 36.4 Å². The Hall–Kier alpha value is -2.10. The molecule has 9 heteroatoms. The molecule has 0 aliphatic carbocycles. The van der Waals surface area contributed by atoms with E-state index in [-0.39, 0.29) is 13.2 Å². The molecule has 2 N–H and O–H groups in total. The molecule has 0 fully saturated rings. The summed E-state index contributed by atoms with van der Waals surface area (Å²) >= 11 is 4.80. The zero-order valence-electron chi connectivity index (χ0n) is 15.1. The SMILES string of the molecule is CCOC(=O)C1=C(CCCO)NC(c2nccs2)=N[C@H]1c1ccc(F)cc1Br. The number of aromatic nitrogens is 1. The van der Waals surface area contributed by atoms with Gasteiger partial charge in [0.05, 0.1) is 12.2 Å². The number of rotatable bonds is 7. The van der Waals surface area contributed by atoms with Gasteiger partial charge in [0.25, 0.3) is 0 Å². The van der Waals surface area contributed by atoms with Crippen LogP contribution in [0.4, 0.5) is 4.39 Å². The highest BCUT2D eigenvalue weighted by atomic mass is 79.9. The number of halogens is 2. The van der Waals surface area contributed by atoms with E-state index in [0.29, 0.717) is 45.0 Å². The molecule has 2 heterocycles. The predicted octanol–water partition coefficient (Wildman–Crippen LogP) is 3.73. The lowest BCUT2D eigenvalue weighted by molar-refractivity contribution is -0.139. The number of thiazole rings is 1. The van der Waals surface area contributed by atoms with Crippen molar-refractivity contribution in [2.45, 2.75) is 25.8 Å². The third kappa shape index (κ3) is 4.48. The number of aliphatic hydroxyl groups is 1. The molecular weight excluding hydrogens is 449 g/mol. The van der Waals surface area contributed by atoms with Gasteiger partial charge >= 0.3 is 5.97 Å². The molecule has 6 nitrogen and oxygen atoms in total. The van der Waals surface area contributed by atoms with Crippen molar-refractivity contribution in [2.24, 2.45) is 4.99 Å². The summed E-state index contributed by atoms with van der Waals surface area (Å²) < 4.78 is 19.4. The average Bonchev–Trinajstić information content (AvgIpc) is 3.20. The molecule has 0 saturated carbocycles. The Balaban J connectivity index is 2.14. The summed E-state index contributed by atoms with van der Waals surface area (Å²) in [5, 5.41) is 15.0. The maximum Gasteiger partial charge on any atom is 0.338 e. The molecule has 2 aromatic rings. The number of hydrogen-bond acceptors (Lipinski definition) is 7. The number of carbonyl (C=O) groups excluding carboxylic acids is 1. The van der Waals surface area contributed by atoms with E-state index < -0.39 is 17.8 Å². The van der Waals surface area contributed by atoms with E-state index in [1.54, 1.807) is 19.2 Å². The van der Waals surface area contributed by atoms with Crippen molar-refractivity contribution >= 4 is 39.1 Å². The van der Waals surface area contributed by atoms with Crippen molar-refractivity contribution in [2.75, 3.05) is 13.2 Å². The first kappa shape index (κ1) is 20.6.